The Hall–Kier alpha value is -0.870. The minimum Gasteiger partial charge on any atom is -0.329 e. The van der Waals surface area contributed by atoms with E-state index in [9.17, 15) is 4.79 Å². The van der Waals surface area contributed by atoms with Gasteiger partial charge < -0.3 is 11.1 Å². The van der Waals surface area contributed by atoms with E-state index >= 15 is 0 Å². The summed E-state index contributed by atoms with van der Waals surface area (Å²) >= 11 is 1.58. The van der Waals surface area contributed by atoms with Crippen molar-refractivity contribution in [2.75, 3.05) is 11.9 Å². The average Bonchev–Trinajstić information content (AvgIpc) is 2.87. The summed E-state index contributed by atoms with van der Waals surface area (Å²) < 4.78 is 0. The lowest BCUT2D eigenvalue weighted by atomic mass is 9.85. The molecule has 1 saturated carbocycles. The second kappa shape index (κ2) is 4.33. The van der Waals surface area contributed by atoms with Crippen LogP contribution < -0.4 is 11.1 Å². The lowest BCUT2D eigenvalue weighted by Gasteiger charge is -2.25. The second-order valence-corrected chi connectivity index (χ2v) is 4.94. The molecule has 1 aromatic rings. The van der Waals surface area contributed by atoms with Crippen LogP contribution in [0.4, 0.5) is 5.69 Å². The number of carbonyl (C=O) groups excluding carboxylic acids is 1. The molecule has 2 rings (SSSR count). The number of amides is 1. The van der Waals surface area contributed by atoms with Gasteiger partial charge in [-0.25, -0.2) is 0 Å². The third-order valence-electron chi connectivity index (χ3n) is 3.21. The van der Waals surface area contributed by atoms with Gasteiger partial charge in [0, 0.05) is 11.9 Å². The van der Waals surface area contributed by atoms with Crippen LogP contribution in [0.2, 0.25) is 0 Å². The first-order chi connectivity index (χ1) is 7.27. The summed E-state index contributed by atoms with van der Waals surface area (Å²) in [5, 5.41) is 6.85. The second-order valence-electron chi connectivity index (χ2n) is 4.16. The van der Waals surface area contributed by atoms with Crippen LogP contribution in [0.5, 0.6) is 0 Å². The SMILES string of the molecule is NCC1(C(=O)Nc2ccsc2)CCCC1. The topological polar surface area (TPSA) is 55.1 Å². The van der Waals surface area contributed by atoms with Crippen molar-refractivity contribution < 1.29 is 4.79 Å². The van der Waals surface area contributed by atoms with Gasteiger partial charge in [-0.3, -0.25) is 4.79 Å². The minimum atomic E-state index is -0.304. The molecule has 0 aliphatic heterocycles. The lowest BCUT2D eigenvalue weighted by molar-refractivity contribution is -0.124. The predicted octanol–water partition coefficient (Wildman–Crippen LogP) is 2.21. The van der Waals surface area contributed by atoms with E-state index in [1.807, 2.05) is 16.8 Å². The highest BCUT2D eigenvalue weighted by Gasteiger charge is 2.39. The van der Waals surface area contributed by atoms with Gasteiger partial charge in [-0.2, -0.15) is 11.3 Å². The zero-order chi connectivity index (χ0) is 10.7. The van der Waals surface area contributed by atoms with E-state index in [-0.39, 0.29) is 11.3 Å². The lowest BCUT2D eigenvalue weighted by Crippen LogP contribution is -2.40. The molecule has 1 aliphatic rings. The van der Waals surface area contributed by atoms with Crippen molar-refractivity contribution in [3.05, 3.63) is 16.8 Å². The van der Waals surface area contributed by atoms with Crippen LogP contribution in [0.15, 0.2) is 16.8 Å². The van der Waals surface area contributed by atoms with E-state index in [0.29, 0.717) is 6.54 Å². The molecule has 1 aromatic heterocycles. The largest absolute Gasteiger partial charge is 0.329 e. The van der Waals surface area contributed by atoms with Crippen molar-refractivity contribution in [1.82, 2.24) is 0 Å². The van der Waals surface area contributed by atoms with E-state index in [1.165, 1.54) is 0 Å². The van der Waals surface area contributed by atoms with Gasteiger partial charge in [0.1, 0.15) is 0 Å². The number of nitrogens with one attached hydrogen (secondary N) is 1. The van der Waals surface area contributed by atoms with Crippen LogP contribution in [0.3, 0.4) is 0 Å². The Morgan fingerprint density at radius 1 is 1.53 bits per heavy atom. The molecule has 0 bridgehead atoms. The zero-order valence-electron chi connectivity index (χ0n) is 8.66. The molecule has 4 heteroatoms. The maximum atomic E-state index is 12.1. The predicted molar refractivity (Wildman–Crippen MR) is 62.9 cm³/mol. The Bertz CT molecular complexity index is 328. The maximum Gasteiger partial charge on any atom is 0.231 e. The van der Waals surface area contributed by atoms with E-state index in [4.69, 9.17) is 5.73 Å². The van der Waals surface area contributed by atoms with Gasteiger partial charge in [-0.1, -0.05) is 12.8 Å². The number of thiophene rings is 1. The summed E-state index contributed by atoms with van der Waals surface area (Å²) in [6.07, 6.45) is 4.10. The fourth-order valence-electron chi connectivity index (χ4n) is 2.17. The molecule has 1 heterocycles. The molecule has 82 valence electrons. The monoisotopic (exact) mass is 224 g/mol. The molecule has 15 heavy (non-hydrogen) atoms. The third-order valence-corrected chi connectivity index (χ3v) is 3.90. The van der Waals surface area contributed by atoms with Gasteiger partial charge in [-0.05, 0) is 24.3 Å². The maximum absolute atomic E-state index is 12.1. The highest BCUT2D eigenvalue weighted by atomic mass is 32.1. The highest BCUT2D eigenvalue weighted by Crippen LogP contribution is 2.38. The molecule has 1 fully saturated rings. The first-order valence-electron chi connectivity index (χ1n) is 5.31. The Labute approximate surface area is 93.7 Å². The normalized spacial score (nSPS) is 19.0. The molecule has 3 N–H and O–H groups in total. The summed E-state index contributed by atoms with van der Waals surface area (Å²) in [6, 6.07) is 1.92. The van der Waals surface area contributed by atoms with Gasteiger partial charge in [-0.15, -0.1) is 0 Å². The van der Waals surface area contributed by atoms with E-state index in [2.05, 4.69) is 5.32 Å². The molecule has 0 unspecified atom stereocenters. The van der Waals surface area contributed by atoms with Crippen LogP contribution in [0.25, 0.3) is 0 Å². The molecule has 0 aromatic carbocycles. The molecule has 0 radical (unpaired) electrons. The molecular weight excluding hydrogens is 208 g/mol. The standard InChI is InChI=1S/C11H16N2OS/c12-8-11(4-1-2-5-11)10(14)13-9-3-6-15-7-9/h3,6-7H,1-2,4-5,8,12H2,(H,13,14). The van der Waals surface area contributed by atoms with Crippen LogP contribution in [-0.4, -0.2) is 12.5 Å². The first kappa shape index (κ1) is 10.6. The van der Waals surface area contributed by atoms with Crippen molar-refractivity contribution in [1.29, 1.82) is 0 Å². The first-order valence-corrected chi connectivity index (χ1v) is 6.25. The smallest absolute Gasteiger partial charge is 0.231 e. The number of nitrogens with two attached hydrogens (primary N) is 1. The summed E-state index contributed by atoms with van der Waals surface area (Å²) in [4.78, 5) is 12.1. The van der Waals surface area contributed by atoms with Crippen LogP contribution >= 0.6 is 11.3 Å². The van der Waals surface area contributed by atoms with Crippen LogP contribution in [0, 0.1) is 5.41 Å². The van der Waals surface area contributed by atoms with Crippen molar-refractivity contribution >= 4 is 22.9 Å². The van der Waals surface area contributed by atoms with Crippen LogP contribution in [-0.2, 0) is 4.79 Å². The van der Waals surface area contributed by atoms with Crippen molar-refractivity contribution in [2.24, 2.45) is 11.1 Å². The van der Waals surface area contributed by atoms with Crippen LogP contribution in [0.1, 0.15) is 25.7 Å². The molecule has 1 aliphatic carbocycles. The number of hydrogen-bond acceptors (Lipinski definition) is 3. The summed E-state index contributed by atoms with van der Waals surface area (Å²) in [6.45, 7) is 0.461. The van der Waals surface area contributed by atoms with Gasteiger partial charge in [0.2, 0.25) is 5.91 Å². The van der Waals surface area contributed by atoms with Gasteiger partial charge in [0.05, 0.1) is 11.1 Å². The summed E-state index contributed by atoms with van der Waals surface area (Å²) in [5.74, 6) is 0.0981. The molecule has 0 atom stereocenters. The van der Waals surface area contributed by atoms with E-state index < -0.39 is 0 Å². The van der Waals surface area contributed by atoms with Gasteiger partial charge in [0.15, 0.2) is 0 Å². The third kappa shape index (κ3) is 2.06. The minimum absolute atomic E-state index is 0.0981. The summed E-state index contributed by atoms with van der Waals surface area (Å²) in [7, 11) is 0. The zero-order valence-corrected chi connectivity index (χ0v) is 9.48. The number of hydrogen-bond donors (Lipinski definition) is 2. The molecule has 0 saturated heterocycles. The Balaban J connectivity index is 2.06. The Kier molecular flexibility index (Phi) is 3.07. The van der Waals surface area contributed by atoms with Crippen molar-refractivity contribution in [2.45, 2.75) is 25.7 Å². The number of rotatable bonds is 3. The molecule has 0 spiro atoms. The Morgan fingerprint density at radius 3 is 2.80 bits per heavy atom. The summed E-state index contributed by atoms with van der Waals surface area (Å²) in [5.41, 5.74) is 6.33. The quantitative estimate of drug-likeness (QED) is 0.827. The van der Waals surface area contributed by atoms with Gasteiger partial charge in [0.25, 0.3) is 0 Å². The van der Waals surface area contributed by atoms with E-state index in [1.54, 1.807) is 11.3 Å². The molecule has 1 amide bonds. The van der Waals surface area contributed by atoms with E-state index in [0.717, 1.165) is 31.4 Å². The number of anilines is 1. The fraction of sp³-hybridized carbons (Fsp3) is 0.545. The molecular formula is C11H16N2OS. The molecule has 3 nitrogen and oxygen atoms in total. The average molecular weight is 224 g/mol. The highest BCUT2D eigenvalue weighted by molar-refractivity contribution is 7.08. The fourth-order valence-corrected chi connectivity index (χ4v) is 2.76. The van der Waals surface area contributed by atoms with Crippen molar-refractivity contribution in [3.63, 3.8) is 0 Å². The van der Waals surface area contributed by atoms with Gasteiger partial charge >= 0.3 is 0 Å². The van der Waals surface area contributed by atoms with Crippen molar-refractivity contribution in [3.8, 4) is 0 Å². The Morgan fingerprint density at radius 2 is 2.27 bits per heavy atom. The number of carbonyl (C=O) groups is 1.